The topological polar surface area (TPSA) is 78.9 Å². The fourth-order valence-electron chi connectivity index (χ4n) is 2.87. The van der Waals surface area contributed by atoms with E-state index in [0.29, 0.717) is 18.9 Å². The Morgan fingerprint density at radius 2 is 1.75 bits per heavy atom. The molecule has 2 aliphatic heterocycles. The lowest BCUT2D eigenvalue weighted by Crippen LogP contribution is -2.49. The maximum absolute atomic E-state index is 12.1. The van der Waals surface area contributed by atoms with Crippen molar-refractivity contribution in [3.05, 3.63) is 0 Å². The van der Waals surface area contributed by atoms with Crippen LogP contribution in [0, 0.1) is 0 Å². The number of carbonyl (C=O) groups excluding carboxylic acids is 1. The van der Waals surface area contributed by atoms with E-state index in [0.717, 1.165) is 25.9 Å². The van der Waals surface area contributed by atoms with Crippen molar-refractivity contribution in [2.75, 3.05) is 13.1 Å². The smallest absolute Gasteiger partial charge is 0.332 e. The van der Waals surface area contributed by atoms with Gasteiger partial charge in [0.15, 0.2) is 6.10 Å². The van der Waals surface area contributed by atoms with Crippen LogP contribution in [-0.4, -0.2) is 59.3 Å². The SMILES string of the molecule is CC(C)N1CCC(NC(=O)[C@@H]2CC[C@H](C(=O)O)O2)CC1. The Kier molecular flexibility index (Phi) is 4.99. The van der Waals surface area contributed by atoms with Crippen molar-refractivity contribution in [3.63, 3.8) is 0 Å². The van der Waals surface area contributed by atoms with Crippen LogP contribution in [0.4, 0.5) is 0 Å². The molecule has 20 heavy (non-hydrogen) atoms. The average molecular weight is 284 g/mol. The van der Waals surface area contributed by atoms with Gasteiger partial charge >= 0.3 is 5.97 Å². The number of hydrogen-bond acceptors (Lipinski definition) is 4. The van der Waals surface area contributed by atoms with Crippen molar-refractivity contribution >= 4 is 11.9 Å². The standard InChI is InChI=1S/C14H24N2O4/c1-9(2)16-7-5-10(6-8-16)15-13(17)11-3-4-12(20-11)14(18)19/h9-12H,3-8H2,1-2H3,(H,15,17)(H,18,19)/t11-,12+/m0/s1. The molecule has 2 atom stereocenters. The van der Waals surface area contributed by atoms with E-state index in [-0.39, 0.29) is 11.9 Å². The lowest BCUT2D eigenvalue weighted by molar-refractivity contribution is -0.152. The van der Waals surface area contributed by atoms with Crippen LogP contribution in [0.2, 0.25) is 0 Å². The van der Waals surface area contributed by atoms with Gasteiger partial charge in [0.1, 0.15) is 6.10 Å². The van der Waals surface area contributed by atoms with Crippen LogP contribution >= 0.6 is 0 Å². The average Bonchev–Trinajstić information content (AvgIpc) is 2.89. The molecule has 2 fully saturated rings. The second-order valence-electron chi connectivity index (χ2n) is 5.94. The number of ether oxygens (including phenoxy) is 1. The summed E-state index contributed by atoms with van der Waals surface area (Å²) in [6.45, 7) is 6.34. The summed E-state index contributed by atoms with van der Waals surface area (Å²) >= 11 is 0. The largest absolute Gasteiger partial charge is 0.479 e. The van der Waals surface area contributed by atoms with Crippen molar-refractivity contribution in [3.8, 4) is 0 Å². The molecule has 0 aromatic heterocycles. The highest BCUT2D eigenvalue weighted by molar-refractivity contribution is 5.82. The number of likely N-dealkylation sites (tertiary alicyclic amines) is 1. The third kappa shape index (κ3) is 3.70. The molecule has 2 heterocycles. The molecule has 114 valence electrons. The molecule has 2 aliphatic rings. The van der Waals surface area contributed by atoms with E-state index >= 15 is 0 Å². The molecule has 0 aliphatic carbocycles. The summed E-state index contributed by atoms with van der Waals surface area (Å²) in [6.07, 6.45) is 1.37. The quantitative estimate of drug-likeness (QED) is 0.790. The fraction of sp³-hybridized carbons (Fsp3) is 0.857. The predicted molar refractivity (Wildman–Crippen MR) is 73.4 cm³/mol. The van der Waals surface area contributed by atoms with Gasteiger partial charge in [-0.05, 0) is 39.5 Å². The normalized spacial score (nSPS) is 28.8. The van der Waals surface area contributed by atoms with Gasteiger partial charge in [-0.2, -0.15) is 0 Å². The Hall–Kier alpha value is -1.14. The molecular weight excluding hydrogens is 260 g/mol. The molecule has 2 N–H and O–H groups in total. The Balaban J connectivity index is 1.75. The minimum Gasteiger partial charge on any atom is -0.479 e. The van der Waals surface area contributed by atoms with E-state index in [1.54, 1.807) is 0 Å². The molecule has 2 rings (SSSR count). The third-order valence-corrected chi connectivity index (χ3v) is 4.19. The third-order valence-electron chi connectivity index (χ3n) is 4.19. The first-order valence-electron chi connectivity index (χ1n) is 7.40. The maximum Gasteiger partial charge on any atom is 0.332 e. The zero-order valence-electron chi connectivity index (χ0n) is 12.2. The molecule has 0 bridgehead atoms. The van der Waals surface area contributed by atoms with Crippen LogP contribution in [0.5, 0.6) is 0 Å². The first-order valence-corrected chi connectivity index (χ1v) is 7.40. The number of nitrogens with one attached hydrogen (secondary N) is 1. The van der Waals surface area contributed by atoms with Crippen LogP contribution in [0.3, 0.4) is 0 Å². The van der Waals surface area contributed by atoms with E-state index < -0.39 is 18.2 Å². The summed E-state index contributed by atoms with van der Waals surface area (Å²) in [5.41, 5.74) is 0. The van der Waals surface area contributed by atoms with Crippen LogP contribution in [0.25, 0.3) is 0 Å². The van der Waals surface area contributed by atoms with E-state index in [1.165, 1.54) is 0 Å². The number of aliphatic carboxylic acids is 1. The zero-order valence-corrected chi connectivity index (χ0v) is 12.2. The molecule has 2 saturated heterocycles. The highest BCUT2D eigenvalue weighted by Crippen LogP contribution is 2.21. The number of piperidine rings is 1. The Morgan fingerprint density at radius 3 is 2.25 bits per heavy atom. The van der Waals surface area contributed by atoms with Crippen molar-refractivity contribution in [1.82, 2.24) is 10.2 Å². The maximum atomic E-state index is 12.1. The zero-order chi connectivity index (χ0) is 14.7. The summed E-state index contributed by atoms with van der Waals surface area (Å²) in [4.78, 5) is 25.2. The van der Waals surface area contributed by atoms with Crippen molar-refractivity contribution in [1.29, 1.82) is 0 Å². The molecule has 0 unspecified atom stereocenters. The predicted octanol–water partition coefficient (Wildman–Crippen LogP) is 0.608. The minimum atomic E-state index is -0.981. The number of nitrogens with zero attached hydrogens (tertiary/aromatic N) is 1. The fourth-order valence-corrected chi connectivity index (χ4v) is 2.87. The molecule has 6 nitrogen and oxygen atoms in total. The monoisotopic (exact) mass is 284 g/mol. The molecule has 0 aromatic carbocycles. The summed E-state index contributed by atoms with van der Waals surface area (Å²) in [5.74, 6) is -1.14. The first-order chi connectivity index (χ1) is 9.47. The van der Waals surface area contributed by atoms with Crippen LogP contribution in [0.1, 0.15) is 39.5 Å². The molecular formula is C14H24N2O4. The van der Waals surface area contributed by atoms with Gasteiger partial charge in [-0.25, -0.2) is 4.79 Å². The molecule has 0 saturated carbocycles. The van der Waals surface area contributed by atoms with Gasteiger partial charge in [-0.1, -0.05) is 0 Å². The molecule has 0 radical (unpaired) electrons. The van der Waals surface area contributed by atoms with Gasteiger partial charge in [0.2, 0.25) is 5.91 Å². The molecule has 6 heteroatoms. The van der Waals surface area contributed by atoms with Gasteiger partial charge in [0, 0.05) is 25.2 Å². The molecule has 0 aromatic rings. The van der Waals surface area contributed by atoms with E-state index in [4.69, 9.17) is 9.84 Å². The molecule has 1 amide bonds. The first kappa shape index (κ1) is 15.3. The number of carboxylic acids is 1. The Bertz CT molecular complexity index is 364. The van der Waals surface area contributed by atoms with Crippen LogP contribution in [0.15, 0.2) is 0 Å². The lowest BCUT2D eigenvalue weighted by atomic mass is 10.0. The second kappa shape index (κ2) is 6.54. The summed E-state index contributed by atoms with van der Waals surface area (Å²) < 4.78 is 5.26. The number of amides is 1. The molecule has 0 spiro atoms. The minimum absolute atomic E-state index is 0.156. The summed E-state index contributed by atoms with van der Waals surface area (Å²) in [7, 11) is 0. The van der Waals surface area contributed by atoms with Gasteiger partial charge in [0.25, 0.3) is 0 Å². The van der Waals surface area contributed by atoms with E-state index in [1.807, 2.05) is 0 Å². The van der Waals surface area contributed by atoms with Crippen LogP contribution < -0.4 is 5.32 Å². The summed E-state index contributed by atoms with van der Waals surface area (Å²) in [5, 5.41) is 11.8. The number of rotatable bonds is 4. The number of carboxylic acid groups (broad SMARTS) is 1. The van der Waals surface area contributed by atoms with E-state index in [9.17, 15) is 9.59 Å². The Morgan fingerprint density at radius 1 is 1.15 bits per heavy atom. The number of carbonyl (C=O) groups is 2. The highest BCUT2D eigenvalue weighted by Gasteiger charge is 2.35. The van der Waals surface area contributed by atoms with E-state index in [2.05, 4.69) is 24.1 Å². The van der Waals surface area contributed by atoms with Crippen molar-refractivity contribution < 1.29 is 19.4 Å². The van der Waals surface area contributed by atoms with Gasteiger partial charge in [0.05, 0.1) is 0 Å². The van der Waals surface area contributed by atoms with Crippen LogP contribution in [-0.2, 0) is 14.3 Å². The second-order valence-corrected chi connectivity index (χ2v) is 5.94. The van der Waals surface area contributed by atoms with Crippen molar-refractivity contribution in [2.45, 2.75) is 63.8 Å². The van der Waals surface area contributed by atoms with Gasteiger partial charge < -0.3 is 20.1 Å². The Labute approximate surface area is 119 Å². The summed E-state index contributed by atoms with van der Waals surface area (Å²) in [6, 6.07) is 0.728. The van der Waals surface area contributed by atoms with Gasteiger partial charge in [-0.3, -0.25) is 4.79 Å². The van der Waals surface area contributed by atoms with Crippen molar-refractivity contribution in [2.24, 2.45) is 0 Å². The lowest BCUT2D eigenvalue weighted by Gasteiger charge is -2.35. The van der Waals surface area contributed by atoms with Gasteiger partial charge in [-0.15, -0.1) is 0 Å². The highest BCUT2D eigenvalue weighted by atomic mass is 16.5. The number of hydrogen-bond donors (Lipinski definition) is 2.